The van der Waals surface area contributed by atoms with Crippen LogP contribution in [-0.4, -0.2) is 18.7 Å². The first-order chi connectivity index (χ1) is 8.47. The Balaban J connectivity index is 4.37. The number of allylic oxidation sites excluding steroid dienone is 2. The smallest absolute Gasteiger partial charge is 0.373 e. The van der Waals surface area contributed by atoms with Crippen molar-refractivity contribution < 1.29 is 14.3 Å². The van der Waals surface area contributed by atoms with Crippen molar-refractivity contribution in [2.45, 2.75) is 53.6 Å². The van der Waals surface area contributed by atoms with Gasteiger partial charge in [0.2, 0.25) is 5.76 Å². The summed E-state index contributed by atoms with van der Waals surface area (Å²) in [5.74, 6) is 0.168. The molecule has 0 aliphatic carbocycles. The van der Waals surface area contributed by atoms with E-state index in [1.807, 2.05) is 33.8 Å². The summed E-state index contributed by atoms with van der Waals surface area (Å²) in [6, 6.07) is 0. The summed E-state index contributed by atoms with van der Waals surface area (Å²) in [5, 5.41) is 0. The molecule has 0 radical (unpaired) electrons. The fraction of sp³-hybridized carbons (Fsp3) is 0.667. The second kappa shape index (κ2) is 9.75. The molecule has 18 heavy (non-hydrogen) atoms. The highest BCUT2D eigenvalue weighted by molar-refractivity contribution is 5.86. The number of hydrogen-bond donors (Lipinski definition) is 0. The second-order valence-electron chi connectivity index (χ2n) is 4.80. The van der Waals surface area contributed by atoms with E-state index in [9.17, 15) is 4.79 Å². The van der Waals surface area contributed by atoms with Crippen LogP contribution in [0.4, 0.5) is 0 Å². The lowest BCUT2D eigenvalue weighted by Gasteiger charge is -2.12. The molecule has 0 aliphatic heterocycles. The van der Waals surface area contributed by atoms with Crippen LogP contribution in [0.15, 0.2) is 24.0 Å². The lowest BCUT2D eigenvalue weighted by Crippen LogP contribution is -2.16. The first-order valence-electron chi connectivity index (χ1n) is 6.68. The molecule has 0 bridgehead atoms. The maximum atomic E-state index is 11.8. The summed E-state index contributed by atoms with van der Waals surface area (Å²) in [6.45, 7) is 10.2. The summed E-state index contributed by atoms with van der Waals surface area (Å²) in [7, 11) is 0. The quantitative estimate of drug-likeness (QED) is 0.286. The molecular formula is C15H26O3. The van der Waals surface area contributed by atoms with Crippen LogP contribution in [0.2, 0.25) is 0 Å². The van der Waals surface area contributed by atoms with Gasteiger partial charge in [-0.2, -0.15) is 0 Å². The van der Waals surface area contributed by atoms with Crippen LogP contribution in [0.1, 0.15) is 47.5 Å². The van der Waals surface area contributed by atoms with E-state index in [0.29, 0.717) is 12.4 Å². The van der Waals surface area contributed by atoms with Crippen LogP contribution >= 0.6 is 0 Å². The van der Waals surface area contributed by atoms with Gasteiger partial charge in [-0.3, -0.25) is 0 Å². The van der Waals surface area contributed by atoms with E-state index in [-0.39, 0.29) is 18.0 Å². The van der Waals surface area contributed by atoms with Crippen LogP contribution < -0.4 is 0 Å². The third kappa shape index (κ3) is 8.85. The molecule has 104 valence electrons. The number of unbranched alkanes of at least 4 members (excludes halogenated alkanes) is 1. The molecule has 0 saturated heterocycles. The molecule has 0 aromatic rings. The third-order valence-electron chi connectivity index (χ3n) is 1.99. The van der Waals surface area contributed by atoms with E-state index in [4.69, 9.17) is 9.47 Å². The highest BCUT2D eigenvalue weighted by Crippen LogP contribution is 2.08. The Bertz CT molecular complexity index is 288. The maximum absolute atomic E-state index is 11.8. The summed E-state index contributed by atoms with van der Waals surface area (Å²) in [5.41, 5.74) is 0. The molecule has 0 heterocycles. The minimum atomic E-state index is -0.386. The van der Waals surface area contributed by atoms with Crippen LogP contribution in [0.3, 0.4) is 0 Å². The fourth-order valence-corrected chi connectivity index (χ4v) is 1.24. The molecule has 3 heteroatoms. The molecule has 0 aromatic heterocycles. The highest BCUT2D eigenvalue weighted by Gasteiger charge is 2.14. The Morgan fingerprint density at radius 2 is 1.83 bits per heavy atom. The minimum absolute atomic E-state index is 0.132. The molecule has 3 nitrogen and oxygen atoms in total. The molecule has 0 saturated carbocycles. The Morgan fingerprint density at radius 1 is 1.17 bits per heavy atom. The Morgan fingerprint density at radius 3 is 2.33 bits per heavy atom. The van der Waals surface area contributed by atoms with Gasteiger partial charge < -0.3 is 9.47 Å². The molecular weight excluding hydrogens is 228 g/mol. The molecule has 0 amide bonds. The number of hydrogen-bond acceptors (Lipinski definition) is 3. The molecule has 0 fully saturated rings. The average Bonchev–Trinajstić information content (AvgIpc) is 2.25. The van der Waals surface area contributed by atoms with Crippen LogP contribution in [0.25, 0.3) is 0 Å². The van der Waals surface area contributed by atoms with Crippen molar-refractivity contribution in [2.24, 2.45) is 5.92 Å². The zero-order valence-electron chi connectivity index (χ0n) is 12.2. The van der Waals surface area contributed by atoms with Gasteiger partial charge in [0.15, 0.2) is 0 Å². The van der Waals surface area contributed by atoms with E-state index >= 15 is 0 Å². The molecule has 0 rings (SSSR count). The van der Waals surface area contributed by atoms with Gasteiger partial charge in [0, 0.05) is 0 Å². The predicted molar refractivity (Wildman–Crippen MR) is 74.1 cm³/mol. The summed E-state index contributed by atoms with van der Waals surface area (Å²) in [6.07, 6.45) is 7.79. The second-order valence-corrected chi connectivity index (χ2v) is 4.80. The first-order valence-corrected chi connectivity index (χ1v) is 6.68. The number of rotatable bonds is 8. The van der Waals surface area contributed by atoms with Crippen molar-refractivity contribution in [3.8, 4) is 0 Å². The van der Waals surface area contributed by atoms with Crippen LogP contribution in [-0.2, 0) is 14.3 Å². The minimum Gasteiger partial charge on any atom is -0.483 e. The Kier molecular flexibility index (Phi) is 9.07. The fourth-order valence-electron chi connectivity index (χ4n) is 1.24. The van der Waals surface area contributed by atoms with Crippen molar-refractivity contribution in [3.05, 3.63) is 24.0 Å². The lowest BCUT2D eigenvalue weighted by atomic mass is 10.2. The predicted octanol–water partition coefficient (Wildman–Crippen LogP) is 3.85. The molecule has 0 unspecified atom stereocenters. The Labute approximate surface area is 111 Å². The number of carbonyl (C=O) groups is 1. The number of ether oxygens (including phenoxy) is 2. The Hall–Kier alpha value is -1.25. The van der Waals surface area contributed by atoms with Crippen LogP contribution in [0, 0.1) is 5.92 Å². The first kappa shape index (κ1) is 16.8. The van der Waals surface area contributed by atoms with E-state index in [2.05, 4.69) is 13.0 Å². The van der Waals surface area contributed by atoms with Gasteiger partial charge in [0.25, 0.3) is 0 Å². The lowest BCUT2D eigenvalue weighted by molar-refractivity contribution is -0.146. The van der Waals surface area contributed by atoms with Crippen molar-refractivity contribution >= 4 is 5.97 Å². The van der Waals surface area contributed by atoms with Gasteiger partial charge in [0.05, 0.1) is 6.10 Å². The van der Waals surface area contributed by atoms with Crippen molar-refractivity contribution in [1.29, 1.82) is 0 Å². The average molecular weight is 254 g/mol. The van der Waals surface area contributed by atoms with E-state index in [0.717, 1.165) is 12.8 Å². The van der Waals surface area contributed by atoms with E-state index in [1.54, 1.807) is 6.08 Å². The molecule has 0 aromatic carbocycles. The molecule has 0 aliphatic rings. The van der Waals surface area contributed by atoms with Gasteiger partial charge in [-0.15, -0.1) is 0 Å². The summed E-state index contributed by atoms with van der Waals surface area (Å²) < 4.78 is 10.6. The zero-order chi connectivity index (χ0) is 14.0. The number of carbonyl (C=O) groups excluding carboxylic acids is 1. The van der Waals surface area contributed by atoms with Crippen molar-refractivity contribution in [3.63, 3.8) is 0 Å². The number of esters is 1. The topological polar surface area (TPSA) is 35.5 Å². The standard InChI is InChI=1S/C15H26O3/c1-6-7-8-9-10-17-14(11-12(2)3)15(16)18-13(4)5/h8-9,11-13H,6-7,10H2,1-5H3/b9-8+,14-11+. The largest absolute Gasteiger partial charge is 0.483 e. The van der Waals surface area contributed by atoms with Gasteiger partial charge in [-0.05, 0) is 32.3 Å². The highest BCUT2D eigenvalue weighted by atomic mass is 16.6. The van der Waals surface area contributed by atoms with Gasteiger partial charge in [0.1, 0.15) is 6.61 Å². The zero-order valence-corrected chi connectivity index (χ0v) is 12.2. The SMILES string of the molecule is CCC/C=C/CO/C(=C/C(C)C)C(=O)OC(C)C. The maximum Gasteiger partial charge on any atom is 0.373 e. The van der Waals surface area contributed by atoms with E-state index in [1.165, 1.54) is 0 Å². The van der Waals surface area contributed by atoms with Gasteiger partial charge in [-0.1, -0.05) is 39.3 Å². The van der Waals surface area contributed by atoms with Gasteiger partial charge >= 0.3 is 5.97 Å². The molecule has 0 N–H and O–H groups in total. The molecule has 0 atom stereocenters. The monoisotopic (exact) mass is 254 g/mol. The van der Waals surface area contributed by atoms with Gasteiger partial charge in [-0.25, -0.2) is 4.79 Å². The third-order valence-corrected chi connectivity index (χ3v) is 1.99. The normalized spacial score (nSPS) is 12.5. The summed E-state index contributed by atoms with van der Waals surface area (Å²) in [4.78, 5) is 11.8. The van der Waals surface area contributed by atoms with Crippen molar-refractivity contribution in [2.75, 3.05) is 6.61 Å². The summed E-state index contributed by atoms with van der Waals surface area (Å²) >= 11 is 0. The molecule has 0 spiro atoms. The van der Waals surface area contributed by atoms with Crippen molar-refractivity contribution in [1.82, 2.24) is 0 Å². The van der Waals surface area contributed by atoms with E-state index < -0.39 is 0 Å². The van der Waals surface area contributed by atoms with Crippen LogP contribution in [0.5, 0.6) is 0 Å².